The van der Waals surface area contributed by atoms with Gasteiger partial charge in [-0.3, -0.25) is 4.79 Å². The van der Waals surface area contributed by atoms with Gasteiger partial charge >= 0.3 is 0 Å². The summed E-state index contributed by atoms with van der Waals surface area (Å²) in [6.45, 7) is 3.31. The minimum Gasteiger partial charge on any atom is -0.384 e. The summed E-state index contributed by atoms with van der Waals surface area (Å²) in [5.41, 5.74) is 0.674. The van der Waals surface area contributed by atoms with Crippen molar-refractivity contribution < 1.29 is 9.53 Å². The van der Waals surface area contributed by atoms with Gasteiger partial charge in [-0.1, -0.05) is 22.9 Å². The van der Waals surface area contributed by atoms with Crippen LogP contribution in [0.3, 0.4) is 0 Å². The van der Waals surface area contributed by atoms with Crippen LogP contribution < -0.4 is 5.32 Å². The molecule has 1 N–H and O–H groups in total. The first-order chi connectivity index (χ1) is 7.63. The van der Waals surface area contributed by atoms with Gasteiger partial charge in [-0.25, -0.2) is 0 Å². The number of halogens is 1. The Hall–Kier alpha value is -0.870. The minimum absolute atomic E-state index is 0.0459. The van der Waals surface area contributed by atoms with Gasteiger partial charge in [0.25, 0.3) is 5.91 Å². The summed E-state index contributed by atoms with van der Waals surface area (Å²) < 4.78 is 5.97. The zero-order valence-electron chi connectivity index (χ0n) is 9.50. The van der Waals surface area contributed by atoms with Crippen LogP contribution in [0.15, 0.2) is 28.7 Å². The number of rotatable bonds is 5. The Morgan fingerprint density at radius 2 is 2.06 bits per heavy atom. The molecule has 1 aromatic carbocycles. The van der Waals surface area contributed by atoms with Gasteiger partial charge in [0.1, 0.15) is 0 Å². The lowest BCUT2D eigenvalue weighted by atomic mass is 10.2. The quantitative estimate of drug-likeness (QED) is 0.903. The number of benzene rings is 1. The van der Waals surface area contributed by atoms with Crippen LogP contribution in [0, 0.1) is 5.92 Å². The Morgan fingerprint density at radius 1 is 1.44 bits per heavy atom. The third kappa shape index (κ3) is 4.33. The number of nitrogens with one attached hydrogen (secondary N) is 1. The molecule has 0 fully saturated rings. The van der Waals surface area contributed by atoms with Crippen LogP contribution in [-0.2, 0) is 4.74 Å². The number of hydrogen-bond acceptors (Lipinski definition) is 2. The van der Waals surface area contributed by atoms with Crippen LogP contribution in [-0.4, -0.2) is 26.2 Å². The molecule has 4 heteroatoms. The van der Waals surface area contributed by atoms with E-state index in [1.165, 1.54) is 0 Å². The SMILES string of the molecule is COCC(C)CNC(=O)c1ccc(Br)cc1. The third-order valence-electron chi connectivity index (χ3n) is 2.17. The zero-order chi connectivity index (χ0) is 12.0. The fourth-order valence-corrected chi connectivity index (χ4v) is 1.58. The molecule has 0 saturated heterocycles. The summed E-state index contributed by atoms with van der Waals surface area (Å²) in [7, 11) is 1.66. The van der Waals surface area contributed by atoms with Crippen molar-refractivity contribution in [3.8, 4) is 0 Å². The molecule has 0 aliphatic carbocycles. The summed E-state index contributed by atoms with van der Waals surface area (Å²) >= 11 is 3.33. The van der Waals surface area contributed by atoms with Crippen molar-refractivity contribution in [3.63, 3.8) is 0 Å². The van der Waals surface area contributed by atoms with Crippen molar-refractivity contribution in [1.29, 1.82) is 0 Å². The Bertz CT molecular complexity index is 337. The Labute approximate surface area is 104 Å². The normalized spacial score (nSPS) is 12.2. The molecule has 0 aliphatic heterocycles. The van der Waals surface area contributed by atoms with Crippen molar-refractivity contribution in [1.82, 2.24) is 5.32 Å². The minimum atomic E-state index is -0.0459. The lowest BCUT2D eigenvalue weighted by molar-refractivity contribution is 0.0934. The summed E-state index contributed by atoms with van der Waals surface area (Å²) in [6.07, 6.45) is 0. The van der Waals surface area contributed by atoms with Gasteiger partial charge in [0.15, 0.2) is 0 Å². The highest BCUT2D eigenvalue weighted by Crippen LogP contribution is 2.10. The van der Waals surface area contributed by atoms with E-state index in [2.05, 4.69) is 21.2 Å². The molecular formula is C12H16BrNO2. The smallest absolute Gasteiger partial charge is 0.251 e. The van der Waals surface area contributed by atoms with Gasteiger partial charge in [-0.2, -0.15) is 0 Å². The van der Waals surface area contributed by atoms with Crippen molar-refractivity contribution >= 4 is 21.8 Å². The molecule has 0 bridgehead atoms. The summed E-state index contributed by atoms with van der Waals surface area (Å²) in [4.78, 5) is 11.7. The van der Waals surface area contributed by atoms with E-state index in [1.807, 2.05) is 19.1 Å². The molecule has 0 aliphatic rings. The predicted octanol–water partition coefficient (Wildman–Crippen LogP) is 2.46. The number of hydrogen-bond donors (Lipinski definition) is 1. The number of carbonyl (C=O) groups is 1. The number of carbonyl (C=O) groups excluding carboxylic acids is 1. The lowest BCUT2D eigenvalue weighted by Gasteiger charge is -2.11. The van der Waals surface area contributed by atoms with E-state index in [1.54, 1.807) is 19.2 Å². The Morgan fingerprint density at radius 3 is 2.62 bits per heavy atom. The Balaban J connectivity index is 2.43. The summed E-state index contributed by atoms with van der Waals surface area (Å²) in [6, 6.07) is 7.29. The highest BCUT2D eigenvalue weighted by Gasteiger charge is 2.07. The first-order valence-electron chi connectivity index (χ1n) is 5.16. The van der Waals surface area contributed by atoms with E-state index in [0.717, 1.165) is 4.47 Å². The highest BCUT2D eigenvalue weighted by molar-refractivity contribution is 9.10. The van der Waals surface area contributed by atoms with E-state index in [9.17, 15) is 4.79 Å². The van der Waals surface area contributed by atoms with E-state index >= 15 is 0 Å². The second kappa shape index (κ2) is 6.66. The van der Waals surface area contributed by atoms with E-state index in [-0.39, 0.29) is 5.91 Å². The molecule has 16 heavy (non-hydrogen) atoms. The molecule has 0 radical (unpaired) electrons. The topological polar surface area (TPSA) is 38.3 Å². The molecule has 0 spiro atoms. The second-order valence-electron chi connectivity index (χ2n) is 3.78. The highest BCUT2D eigenvalue weighted by atomic mass is 79.9. The second-order valence-corrected chi connectivity index (χ2v) is 4.69. The molecule has 88 valence electrons. The van der Waals surface area contributed by atoms with Crippen molar-refractivity contribution in [2.24, 2.45) is 5.92 Å². The lowest BCUT2D eigenvalue weighted by Crippen LogP contribution is -2.29. The molecular weight excluding hydrogens is 270 g/mol. The molecule has 1 rings (SSSR count). The van der Waals surface area contributed by atoms with Crippen LogP contribution in [0.1, 0.15) is 17.3 Å². The van der Waals surface area contributed by atoms with Gasteiger partial charge in [0, 0.05) is 23.7 Å². The fourth-order valence-electron chi connectivity index (χ4n) is 1.31. The van der Waals surface area contributed by atoms with Crippen LogP contribution in [0.5, 0.6) is 0 Å². The predicted molar refractivity (Wildman–Crippen MR) is 67.5 cm³/mol. The van der Waals surface area contributed by atoms with Gasteiger partial charge < -0.3 is 10.1 Å². The number of methoxy groups -OCH3 is 1. The van der Waals surface area contributed by atoms with Gasteiger partial charge in [0.2, 0.25) is 0 Å². The maximum Gasteiger partial charge on any atom is 0.251 e. The fraction of sp³-hybridized carbons (Fsp3) is 0.417. The van der Waals surface area contributed by atoms with Crippen molar-refractivity contribution in [2.75, 3.05) is 20.3 Å². The van der Waals surface area contributed by atoms with E-state index < -0.39 is 0 Å². The van der Waals surface area contributed by atoms with Crippen molar-refractivity contribution in [2.45, 2.75) is 6.92 Å². The molecule has 1 unspecified atom stereocenters. The largest absolute Gasteiger partial charge is 0.384 e. The van der Waals surface area contributed by atoms with Crippen LogP contribution in [0.2, 0.25) is 0 Å². The average Bonchev–Trinajstić information content (AvgIpc) is 2.27. The standard InChI is InChI=1S/C12H16BrNO2/c1-9(8-16-2)7-14-12(15)10-3-5-11(13)6-4-10/h3-6,9H,7-8H2,1-2H3,(H,14,15). The van der Waals surface area contributed by atoms with Gasteiger partial charge in [0.05, 0.1) is 6.61 Å². The number of ether oxygens (including phenoxy) is 1. The van der Waals surface area contributed by atoms with Crippen LogP contribution in [0.25, 0.3) is 0 Å². The maximum atomic E-state index is 11.7. The molecule has 0 heterocycles. The van der Waals surface area contributed by atoms with Gasteiger partial charge in [-0.05, 0) is 30.2 Å². The molecule has 1 amide bonds. The molecule has 1 aromatic rings. The van der Waals surface area contributed by atoms with E-state index in [0.29, 0.717) is 24.6 Å². The third-order valence-corrected chi connectivity index (χ3v) is 2.70. The van der Waals surface area contributed by atoms with Gasteiger partial charge in [-0.15, -0.1) is 0 Å². The Kier molecular flexibility index (Phi) is 5.49. The molecule has 0 saturated carbocycles. The first kappa shape index (κ1) is 13.2. The van der Waals surface area contributed by atoms with E-state index in [4.69, 9.17) is 4.74 Å². The molecule has 0 aromatic heterocycles. The molecule has 1 atom stereocenters. The summed E-state index contributed by atoms with van der Waals surface area (Å²) in [5, 5.41) is 2.87. The first-order valence-corrected chi connectivity index (χ1v) is 5.95. The zero-order valence-corrected chi connectivity index (χ0v) is 11.1. The van der Waals surface area contributed by atoms with Crippen molar-refractivity contribution in [3.05, 3.63) is 34.3 Å². The van der Waals surface area contributed by atoms with Crippen LogP contribution >= 0.6 is 15.9 Å². The molecule has 3 nitrogen and oxygen atoms in total. The average molecular weight is 286 g/mol. The summed E-state index contributed by atoms with van der Waals surface area (Å²) in [5.74, 6) is 0.278. The monoisotopic (exact) mass is 285 g/mol. The maximum absolute atomic E-state index is 11.7. The van der Waals surface area contributed by atoms with Crippen LogP contribution in [0.4, 0.5) is 0 Å². The number of amides is 1.